The molecule has 1 amide bonds. The highest BCUT2D eigenvalue weighted by atomic mass is 19.1. The summed E-state index contributed by atoms with van der Waals surface area (Å²) < 4.78 is 26.3. The van der Waals surface area contributed by atoms with E-state index in [9.17, 15) is 13.6 Å². The van der Waals surface area contributed by atoms with Crippen molar-refractivity contribution in [3.8, 4) is 0 Å². The number of rotatable bonds is 5. The number of carbonyl (C=O) groups excluding carboxylic acids is 1. The molecule has 0 aliphatic carbocycles. The third kappa shape index (κ3) is 4.56. The van der Waals surface area contributed by atoms with Crippen LogP contribution in [0.15, 0.2) is 42.5 Å². The molecule has 0 fully saturated rings. The van der Waals surface area contributed by atoms with E-state index >= 15 is 0 Å². The van der Waals surface area contributed by atoms with Crippen LogP contribution >= 0.6 is 0 Å². The van der Waals surface area contributed by atoms with Gasteiger partial charge in [-0.05, 0) is 30.7 Å². The van der Waals surface area contributed by atoms with Gasteiger partial charge in [0.15, 0.2) is 0 Å². The van der Waals surface area contributed by atoms with Crippen LogP contribution in [0.5, 0.6) is 0 Å². The minimum absolute atomic E-state index is 0.0273. The summed E-state index contributed by atoms with van der Waals surface area (Å²) in [6.07, 6.45) is 0. The third-order valence-corrected chi connectivity index (χ3v) is 2.98. The molecule has 0 unspecified atom stereocenters. The van der Waals surface area contributed by atoms with Gasteiger partial charge in [-0.25, -0.2) is 8.78 Å². The lowest BCUT2D eigenvalue weighted by atomic mass is 10.1. The summed E-state index contributed by atoms with van der Waals surface area (Å²) in [5.41, 5.74) is 2.10. The summed E-state index contributed by atoms with van der Waals surface area (Å²) in [6.45, 7) is 2.26. The predicted molar refractivity (Wildman–Crippen MR) is 77.9 cm³/mol. The first-order chi connectivity index (χ1) is 10.0. The standard InChI is InChI=1S/C16H16F2N2O/c1-11-2-4-12(5-3-11)9-20-16(21)10-19-15-8-13(17)6-7-14(15)18/h2-8,19H,9-10H2,1H3,(H,20,21). The fourth-order valence-corrected chi connectivity index (χ4v) is 1.78. The molecule has 5 heteroatoms. The summed E-state index contributed by atoms with van der Waals surface area (Å²) in [6, 6.07) is 10.8. The number of hydrogen-bond acceptors (Lipinski definition) is 2. The Morgan fingerprint density at radius 3 is 2.52 bits per heavy atom. The van der Waals surface area contributed by atoms with Gasteiger partial charge in [-0.3, -0.25) is 4.79 Å². The normalized spacial score (nSPS) is 10.2. The molecule has 2 rings (SSSR count). The molecule has 110 valence electrons. The van der Waals surface area contributed by atoms with E-state index in [2.05, 4.69) is 10.6 Å². The van der Waals surface area contributed by atoms with E-state index in [-0.39, 0.29) is 18.1 Å². The van der Waals surface area contributed by atoms with Crippen molar-refractivity contribution in [2.45, 2.75) is 13.5 Å². The average molecular weight is 290 g/mol. The minimum Gasteiger partial charge on any atom is -0.374 e. The van der Waals surface area contributed by atoms with Crippen molar-refractivity contribution in [2.75, 3.05) is 11.9 Å². The molecule has 0 aromatic heterocycles. The minimum atomic E-state index is -0.595. The zero-order chi connectivity index (χ0) is 15.2. The van der Waals surface area contributed by atoms with E-state index in [1.807, 2.05) is 31.2 Å². The van der Waals surface area contributed by atoms with Crippen molar-refractivity contribution in [3.05, 3.63) is 65.2 Å². The van der Waals surface area contributed by atoms with Crippen LogP contribution in [0.4, 0.5) is 14.5 Å². The number of hydrogen-bond donors (Lipinski definition) is 2. The smallest absolute Gasteiger partial charge is 0.239 e. The maximum atomic E-state index is 13.3. The second-order valence-electron chi connectivity index (χ2n) is 4.74. The Morgan fingerprint density at radius 2 is 1.81 bits per heavy atom. The lowest BCUT2D eigenvalue weighted by Crippen LogP contribution is -2.29. The van der Waals surface area contributed by atoms with Crippen LogP contribution in [0.3, 0.4) is 0 Å². The van der Waals surface area contributed by atoms with Crippen LogP contribution in [-0.4, -0.2) is 12.5 Å². The van der Waals surface area contributed by atoms with Crippen molar-refractivity contribution in [1.29, 1.82) is 0 Å². The van der Waals surface area contributed by atoms with Gasteiger partial charge in [0.1, 0.15) is 11.6 Å². The fourth-order valence-electron chi connectivity index (χ4n) is 1.78. The Hall–Kier alpha value is -2.43. The molecule has 3 nitrogen and oxygen atoms in total. The average Bonchev–Trinajstić information content (AvgIpc) is 2.47. The predicted octanol–water partition coefficient (Wildman–Crippen LogP) is 3.00. The highest BCUT2D eigenvalue weighted by Gasteiger charge is 2.06. The SMILES string of the molecule is Cc1ccc(CNC(=O)CNc2cc(F)ccc2F)cc1. The van der Waals surface area contributed by atoms with Gasteiger partial charge in [-0.15, -0.1) is 0 Å². The van der Waals surface area contributed by atoms with E-state index in [0.717, 1.165) is 29.3 Å². The Bertz CT molecular complexity index is 627. The van der Waals surface area contributed by atoms with Crippen molar-refractivity contribution in [3.63, 3.8) is 0 Å². The molecule has 0 saturated heterocycles. The van der Waals surface area contributed by atoms with Gasteiger partial charge in [0.25, 0.3) is 0 Å². The van der Waals surface area contributed by atoms with Crippen LogP contribution in [0.25, 0.3) is 0 Å². The Morgan fingerprint density at radius 1 is 1.10 bits per heavy atom. The van der Waals surface area contributed by atoms with Crippen molar-refractivity contribution < 1.29 is 13.6 Å². The second-order valence-corrected chi connectivity index (χ2v) is 4.74. The monoisotopic (exact) mass is 290 g/mol. The van der Waals surface area contributed by atoms with Crippen LogP contribution in [-0.2, 0) is 11.3 Å². The molecule has 2 aromatic rings. The molecule has 0 atom stereocenters. The number of carbonyl (C=O) groups is 1. The van der Waals surface area contributed by atoms with Gasteiger partial charge in [-0.1, -0.05) is 29.8 Å². The first-order valence-electron chi connectivity index (χ1n) is 6.56. The van der Waals surface area contributed by atoms with E-state index in [1.165, 1.54) is 0 Å². The zero-order valence-electron chi connectivity index (χ0n) is 11.6. The molecule has 0 heterocycles. The van der Waals surface area contributed by atoms with Gasteiger partial charge >= 0.3 is 0 Å². The van der Waals surface area contributed by atoms with Crippen LogP contribution in [0, 0.1) is 18.6 Å². The molecule has 0 aliphatic rings. The molecule has 0 aliphatic heterocycles. The molecular weight excluding hydrogens is 274 g/mol. The van der Waals surface area contributed by atoms with Crippen molar-refractivity contribution in [2.24, 2.45) is 0 Å². The topological polar surface area (TPSA) is 41.1 Å². The molecule has 0 spiro atoms. The molecule has 0 radical (unpaired) electrons. The number of aryl methyl sites for hydroxylation is 1. The van der Waals surface area contributed by atoms with Crippen LogP contribution in [0.1, 0.15) is 11.1 Å². The molecular formula is C16H16F2N2O. The lowest BCUT2D eigenvalue weighted by Gasteiger charge is -2.09. The number of halogens is 2. The second kappa shape index (κ2) is 6.83. The Balaban J connectivity index is 1.82. The number of benzene rings is 2. The van der Waals surface area contributed by atoms with E-state index in [4.69, 9.17) is 0 Å². The molecule has 2 N–H and O–H groups in total. The number of anilines is 1. The van der Waals surface area contributed by atoms with Gasteiger partial charge in [0, 0.05) is 6.54 Å². The molecule has 0 bridgehead atoms. The summed E-state index contributed by atoms with van der Waals surface area (Å²) in [4.78, 5) is 11.7. The Kier molecular flexibility index (Phi) is 4.87. The van der Waals surface area contributed by atoms with Gasteiger partial charge in [0.2, 0.25) is 5.91 Å². The highest BCUT2D eigenvalue weighted by molar-refractivity contribution is 5.80. The number of nitrogens with one attached hydrogen (secondary N) is 2. The molecule has 2 aromatic carbocycles. The molecule has 21 heavy (non-hydrogen) atoms. The molecule has 0 saturated carbocycles. The van der Waals surface area contributed by atoms with Gasteiger partial charge < -0.3 is 10.6 Å². The van der Waals surface area contributed by atoms with Crippen molar-refractivity contribution >= 4 is 11.6 Å². The summed E-state index contributed by atoms with van der Waals surface area (Å²) >= 11 is 0. The fraction of sp³-hybridized carbons (Fsp3) is 0.188. The van der Waals surface area contributed by atoms with E-state index < -0.39 is 11.6 Å². The highest BCUT2D eigenvalue weighted by Crippen LogP contribution is 2.14. The van der Waals surface area contributed by atoms with Gasteiger partial charge in [0.05, 0.1) is 12.2 Å². The lowest BCUT2D eigenvalue weighted by molar-refractivity contribution is -0.119. The largest absolute Gasteiger partial charge is 0.374 e. The zero-order valence-corrected chi connectivity index (χ0v) is 11.6. The first kappa shape index (κ1) is 15.0. The van der Waals surface area contributed by atoms with Crippen molar-refractivity contribution in [1.82, 2.24) is 5.32 Å². The summed E-state index contributed by atoms with van der Waals surface area (Å²) in [5, 5.41) is 5.28. The summed E-state index contributed by atoms with van der Waals surface area (Å²) in [5.74, 6) is -1.44. The maximum Gasteiger partial charge on any atom is 0.239 e. The van der Waals surface area contributed by atoms with Crippen LogP contribution < -0.4 is 10.6 Å². The number of amides is 1. The maximum absolute atomic E-state index is 13.3. The van der Waals surface area contributed by atoms with E-state index in [0.29, 0.717) is 6.54 Å². The summed E-state index contributed by atoms with van der Waals surface area (Å²) in [7, 11) is 0. The quantitative estimate of drug-likeness (QED) is 0.889. The van der Waals surface area contributed by atoms with Gasteiger partial charge in [-0.2, -0.15) is 0 Å². The van der Waals surface area contributed by atoms with Crippen LogP contribution in [0.2, 0.25) is 0 Å². The Labute approximate surface area is 122 Å². The third-order valence-electron chi connectivity index (χ3n) is 2.98. The van der Waals surface area contributed by atoms with E-state index in [1.54, 1.807) is 0 Å². The first-order valence-corrected chi connectivity index (χ1v) is 6.56.